The summed E-state index contributed by atoms with van der Waals surface area (Å²) in [7, 11) is 0. The van der Waals surface area contributed by atoms with E-state index in [9.17, 15) is 4.79 Å². The zero-order chi connectivity index (χ0) is 10.3. The molecule has 2 aliphatic heterocycles. The highest BCUT2D eigenvalue weighted by atomic mass is 32.1. The first-order chi connectivity index (χ1) is 7.34. The van der Waals surface area contributed by atoms with Crippen molar-refractivity contribution >= 4 is 17.3 Å². The second kappa shape index (κ2) is 3.61. The third kappa shape index (κ3) is 1.58. The predicted octanol–water partition coefficient (Wildman–Crippen LogP) is 1.40. The first-order valence-corrected chi connectivity index (χ1v) is 6.15. The van der Waals surface area contributed by atoms with Crippen molar-refractivity contribution < 1.29 is 9.53 Å². The molecule has 3 atom stereocenters. The van der Waals surface area contributed by atoms with Crippen molar-refractivity contribution in [1.82, 2.24) is 5.32 Å². The lowest BCUT2D eigenvalue weighted by molar-refractivity contribution is -0.154. The number of esters is 1. The number of carbonyl (C=O) groups is 1. The van der Waals surface area contributed by atoms with Gasteiger partial charge in [-0.15, -0.1) is 11.3 Å². The highest BCUT2D eigenvalue weighted by molar-refractivity contribution is 7.09. The molecule has 1 saturated carbocycles. The Morgan fingerprint density at radius 1 is 1.67 bits per heavy atom. The Kier molecular flexibility index (Phi) is 2.25. The summed E-state index contributed by atoms with van der Waals surface area (Å²) >= 11 is 1.63. The SMILES string of the molecule is O=C(OCc1cccs1)C1C2CNC1C2. The molecular formula is C11H13NO2S. The van der Waals surface area contributed by atoms with Gasteiger partial charge in [-0.25, -0.2) is 0 Å². The zero-order valence-corrected chi connectivity index (χ0v) is 9.13. The number of ether oxygens (including phenoxy) is 1. The normalized spacial score (nSPS) is 32.4. The van der Waals surface area contributed by atoms with Crippen LogP contribution in [0.5, 0.6) is 0 Å². The summed E-state index contributed by atoms with van der Waals surface area (Å²) in [5.41, 5.74) is 0. The molecule has 3 fully saturated rings. The van der Waals surface area contributed by atoms with Crippen molar-refractivity contribution in [3.8, 4) is 0 Å². The Bertz CT molecular complexity index is 349. The van der Waals surface area contributed by atoms with Gasteiger partial charge in [0.15, 0.2) is 0 Å². The first kappa shape index (κ1) is 9.36. The van der Waals surface area contributed by atoms with E-state index in [-0.39, 0.29) is 11.9 Å². The summed E-state index contributed by atoms with van der Waals surface area (Å²) in [6.45, 7) is 1.43. The second-order valence-electron chi connectivity index (χ2n) is 4.22. The molecule has 4 heteroatoms. The van der Waals surface area contributed by atoms with Gasteiger partial charge >= 0.3 is 5.97 Å². The quantitative estimate of drug-likeness (QED) is 0.787. The van der Waals surface area contributed by atoms with E-state index in [1.165, 1.54) is 0 Å². The molecular weight excluding hydrogens is 210 g/mol. The van der Waals surface area contributed by atoms with Crippen LogP contribution in [0, 0.1) is 11.8 Å². The molecule has 3 aliphatic rings. The molecule has 80 valence electrons. The lowest BCUT2D eigenvalue weighted by Gasteiger charge is -2.31. The van der Waals surface area contributed by atoms with Crippen molar-refractivity contribution in [2.75, 3.05) is 6.54 Å². The van der Waals surface area contributed by atoms with Crippen LogP contribution in [0.3, 0.4) is 0 Å². The van der Waals surface area contributed by atoms with Crippen molar-refractivity contribution in [1.29, 1.82) is 0 Å². The minimum atomic E-state index is -0.0188. The van der Waals surface area contributed by atoms with E-state index >= 15 is 0 Å². The molecule has 3 heterocycles. The molecule has 1 aromatic heterocycles. The van der Waals surface area contributed by atoms with Crippen LogP contribution in [-0.2, 0) is 16.1 Å². The lowest BCUT2D eigenvalue weighted by Crippen LogP contribution is -2.43. The van der Waals surface area contributed by atoms with Gasteiger partial charge in [0.25, 0.3) is 0 Å². The maximum absolute atomic E-state index is 11.7. The first-order valence-electron chi connectivity index (χ1n) is 5.27. The highest BCUT2D eigenvalue weighted by Crippen LogP contribution is 2.40. The lowest BCUT2D eigenvalue weighted by atomic mass is 9.74. The van der Waals surface area contributed by atoms with Gasteiger partial charge in [0.1, 0.15) is 6.61 Å². The van der Waals surface area contributed by atoms with Gasteiger partial charge in [-0.05, 0) is 30.3 Å². The Balaban J connectivity index is 1.54. The van der Waals surface area contributed by atoms with Gasteiger partial charge in [0, 0.05) is 10.9 Å². The van der Waals surface area contributed by atoms with Gasteiger partial charge < -0.3 is 10.1 Å². The molecule has 15 heavy (non-hydrogen) atoms. The number of thiophene rings is 1. The molecule has 3 nitrogen and oxygen atoms in total. The number of fused-ring (bicyclic) bond motifs is 1. The predicted molar refractivity (Wildman–Crippen MR) is 57.5 cm³/mol. The molecule has 1 aromatic rings. The standard InChI is InChI=1S/C11H13NO2S/c13-11(10-7-4-9(10)12-5-7)14-6-8-2-1-3-15-8/h1-3,7,9-10,12H,4-6H2. The van der Waals surface area contributed by atoms with Gasteiger partial charge in [-0.2, -0.15) is 0 Å². The Morgan fingerprint density at radius 2 is 2.60 bits per heavy atom. The summed E-state index contributed by atoms with van der Waals surface area (Å²) in [6.07, 6.45) is 1.15. The van der Waals surface area contributed by atoms with E-state index in [1.807, 2.05) is 17.5 Å². The number of hydrogen-bond acceptors (Lipinski definition) is 4. The number of rotatable bonds is 3. The zero-order valence-electron chi connectivity index (χ0n) is 8.31. The van der Waals surface area contributed by atoms with Crippen LogP contribution in [0.2, 0.25) is 0 Å². The second-order valence-corrected chi connectivity index (χ2v) is 5.26. The summed E-state index contributed by atoms with van der Waals surface area (Å²) in [4.78, 5) is 12.8. The summed E-state index contributed by atoms with van der Waals surface area (Å²) in [5.74, 6) is 0.644. The van der Waals surface area contributed by atoms with Crippen LogP contribution in [-0.4, -0.2) is 18.6 Å². The third-order valence-corrected chi connectivity index (χ3v) is 4.20. The smallest absolute Gasteiger partial charge is 0.311 e. The molecule has 0 amide bonds. The fourth-order valence-corrected chi connectivity index (χ4v) is 3.08. The molecule has 1 aliphatic carbocycles. The van der Waals surface area contributed by atoms with Gasteiger partial charge in [0.2, 0.25) is 0 Å². The van der Waals surface area contributed by atoms with Gasteiger partial charge in [0.05, 0.1) is 5.92 Å². The molecule has 2 bridgehead atoms. The number of hydrogen-bond donors (Lipinski definition) is 1. The Labute approximate surface area is 92.4 Å². The Morgan fingerprint density at radius 3 is 3.20 bits per heavy atom. The molecule has 3 unspecified atom stereocenters. The molecule has 2 saturated heterocycles. The van der Waals surface area contributed by atoms with Crippen molar-refractivity contribution in [2.45, 2.75) is 19.1 Å². The maximum atomic E-state index is 11.7. The Hall–Kier alpha value is -0.870. The summed E-state index contributed by atoms with van der Waals surface area (Å²) < 4.78 is 5.30. The topological polar surface area (TPSA) is 38.3 Å². The van der Waals surface area contributed by atoms with Crippen molar-refractivity contribution in [2.24, 2.45) is 11.8 Å². The minimum Gasteiger partial charge on any atom is -0.460 e. The van der Waals surface area contributed by atoms with Gasteiger partial charge in [-0.1, -0.05) is 6.07 Å². The summed E-state index contributed by atoms with van der Waals surface area (Å²) in [6, 6.07) is 4.36. The molecule has 0 spiro atoms. The monoisotopic (exact) mass is 223 g/mol. The highest BCUT2D eigenvalue weighted by Gasteiger charge is 2.51. The van der Waals surface area contributed by atoms with Crippen LogP contribution < -0.4 is 5.32 Å². The minimum absolute atomic E-state index is 0.0188. The molecule has 0 radical (unpaired) electrons. The molecule has 1 N–H and O–H groups in total. The van der Waals surface area contributed by atoms with Crippen LogP contribution in [0.4, 0.5) is 0 Å². The van der Waals surface area contributed by atoms with Gasteiger partial charge in [-0.3, -0.25) is 4.79 Å². The van der Waals surface area contributed by atoms with E-state index < -0.39 is 0 Å². The largest absolute Gasteiger partial charge is 0.460 e. The van der Waals surface area contributed by atoms with E-state index in [1.54, 1.807) is 11.3 Å². The van der Waals surface area contributed by atoms with Crippen LogP contribution in [0.25, 0.3) is 0 Å². The maximum Gasteiger partial charge on any atom is 0.311 e. The molecule has 0 aromatic carbocycles. The molecule has 4 rings (SSSR count). The average molecular weight is 223 g/mol. The number of nitrogens with one attached hydrogen (secondary N) is 1. The third-order valence-electron chi connectivity index (χ3n) is 3.35. The van der Waals surface area contributed by atoms with E-state index in [0.29, 0.717) is 18.6 Å². The average Bonchev–Trinajstić information content (AvgIpc) is 2.91. The number of carbonyl (C=O) groups excluding carboxylic acids is 1. The van der Waals surface area contributed by atoms with Crippen molar-refractivity contribution in [3.63, 3.8) is 0 Å². The van der Waals surface area contributed by atoms with Crippen LogP contribution in [0.15, 0.2) is 17.5 Å². The van der Waals surface area contributed by atoms with E-state index in [4.69, 9.17) is 4.74 Å². The van der Waals surface area contributed by atoms with Crippen LogP contribution in [0.1, 0.15) is 11.3 Å². The van der Waals surface area contributed by atoms with E-state index in [0.717, 1.165) is 17.8 Å². The van der Waals surface area contributed by atoms with E-state index in [2.05, 4.69) is 5.32 Å². The summed E-state index contributed by atoms with van der Waals surface area (Å²) in [5, 5.41) is 5.32. The van der Waals surface area contributed by atoms with Crippen LogP contribution >= 0.6 is 11.3 Å². The van der Waals surface area contributed by atoms with Crippen molar-refractivity contribution in [3.05, 3.63) is 22.4 Å². The fraction of sp³-hybridized carbons (Fsp3) is 0.545. The fourth-order valence-electron chi connectivity index (χ4n) is 2.47.